The number of piperidine rings is 1. The van der Waals surface area contributed by atoms with Crippen molar-refractivity contribution in [2.75, 3.05) is 13.1 Å². The lowest BCUT2D eigenvalue weighted by atomic mass is 10.1. The molecule has 1 fully saturated rings. The van der Waals surface area contributed by atoms with Crippen LogP contribution in [0, 0.1) is 0 Å². The molecule has 0 aliphatic carbocycles. The average Bonchev–Trinajstić information content (AvgIpc) is 2.49. The second kappa shape index (κ2) is 7.22. The highest BCUT2D eigenvalue weighted by molar-refractivity contribution is 9.10. The second-order valence-electron chi connectivity index (χ2n) is 5.15. The van der Waals surface area contributed by atoms with Crippen molar-refractivity contribution in [3.63, 3.8) is 0 Å². The molecule has 0 radical (unpaired) electrons. The summed E-state index contributed by atoms with van der Waals surface area (Å²) in [4.78, 5) is 14.5. The predicted molar refractivity (Wildman–Crippen MR) is 90.6 cm³/mol. The number of nitrogens with zero attached hydrogens (tertiary/aromatic N) is 1. The zero-order chi connectivity index (χ0) is 15.4. The summed E-state index contributed by atoms with van der Waals surface area (Å²) in [6, 6.07) is 5.42. The van der Waals surface area contributed by atoms with Gasteiger partial charge in [0.25, 0.3) is 5.91 Å². The number of halogens is 1. The van der Waals surface area contributed by atoms with E-state index in [-0.39, 0.29) is 10.9 Å². The Bertz CT molecular complexity index is 544. The molecular formula is C15H19BrN2O2S. The van der Waals surface area contributed by atoms with Crippen molar-refractivity contribution in [1.29, 1.82) is 0 Å². The minimum Gasteiger partial charge on any atom is -0.480 e. The number of benzene rings is 1. The van der Waals surface area contributed by atoms with Gasteiger partial charge in [-0.05, 0) is 44.4 Å². The lowest BCUT2D eigenvalue weighted by Gasteiger charge is -2.29. The number of ether oxygens (including phenoxy) is 1. The molecule has 2 N–H and O–H groups in total. The minimum atomic E-state index is -0.544. The Kier molecular flexibility index (Phi) is 5.58. The molecule has 114 valence electrons. The summed E-state index contributed by atoms with van der Waals surface area (Å²) in [6.07, 6.45) is 2.78. The van der Waals surface area contributed by atoms with Gasteiger partial charge in [0, 0.05) is 17.6 Å². The number of nitrogens with two attached hydrogens (primary N) is 1. The minimum absolute atomic E-state index is 0.0199. The van der Waals surface area contributed by atoms with Crippen molar-refractivity contribution in [3.05, 3.63) is 28.2 Å². The van der Waals surface area contributed by atoms with Gasteiger partial charge in [0.05, 0.1) is 5.56 Å². The first-order valence-corrected chi connectivity index (χ1v) is 8.24. The first-order chi connectivity index (χ1) is 9.99. The van der Waals surface area contributed by atoms with Crippen LogP contribution in [0.1, 0.15) is 31.7 Å². The maximum absolute atomic E-state index is 12.4. The SMILES string of the molecule is CC(Oc1ccc(Br)cc1C(N)=S)C(=O)N1CCCCC1. The number of carbonyl (C=O) groups excluding carboxylic acids is 1. The fourth-order valence-electron chi connectivity index (χ4n) is 2.41. The van der Waals surface area contributed by atoms with E-state index in [4.69, 9.17) is 22.7 Å². The van der Waals surface area contributed by atoms with E-state index in [9.17, 15) is 4.79 Å². The topological polar surface area (TPSA) is 55.6 Å². The van der Waals surface area contributed by atoms with Crippen molar-refractivity contribution in [3.8, 4) is 5.75 Å². The number of rotatable bonds is 4. The van der Waals surface area contributed by atoms with Crippen LogP contribution in [-0.4, -0.2) is 35.0 Å². The van der Waals surface area contributed by atoms with Crippen LogP contribution in [0.5, 0.6) is 5.75 Å². The van der Waals surface area contributed by atoms with Gasteiger partial charge in [0.15, 0.2) is 6.10 Å². The first kappa shape index (κ1) is 16.2. The Morgan fingerprint density at radius 2 is 2.05 bits per heavy atom. The van der Waals surface area contributed by atoms with E-state index in [1.807, 2.05) is 11.0 Å². The molecule has 6 heteroatoms. The van der Waals surface area contributed by atoms with Crippen LogP contribution in [-0.2, 0) is 4.79 Å². The zero-order valence-electron chi connectivity index (χ0n) is 12.0. The smallest absolute Gasteiger partial charge is 0.263 e. The summed E-state index contributed by atoms with van der Waals surface area (Å²) in [5.41, 5.74) is 6.35. The Labute approximate surface area is 138 Å². The van der Waals surface area contributed by atoms with Crippen LogP contribution in [0.15, 0.2) is 22.7 Å². The molecule has 0 saturated carbocycles. The lowest BCUT2D eigenvalue weighted by Crippen LogP contribution is -2.43. The quantitative estimate of drug-likeness (QED) is 0.827. The van der Waals surface area contributed by atoms with Crippen molar-refractivity contribution in [2.24, 2.45) is 5.73 Å². The highest BCUT2D eigenvalue weighted by Crippen LogP contribution is 2.24. The molecule has 1 unspecified atom stereocenters. The summed E-state index contributed by atoms with van der Waals surface area (Å²) in [5.74, 6) is 0.565. The van der Waals surface area contributed by atoms with Crippen LogP contribution >= 0.6 is 28.1 Å². The highest BCUT2D eigenvalue weighted by Gasteiger charge is 2.24. The van der Waals surface area contributed by atoms with Gasteiger partial charge in [-0.3, -0.25) is 4.79 Å². The average molecular weight is 371 g/mol. The fraction of sp³-hybridized carbons (Fsp3) is 0.467. The normalized spacial score (nSPS) is 16.4. The van der Waals surface area contributed by atoms with Crippen molar-refractivity contribution >= 4 is 39.0 Å². The van der Waals surface area contributed by atoms with E-state index in [0.717, 1.165) is 30.4 Å². The molecule has 1 aliphatic rings. The number of thiocarbonyl (C=S) groups is 1. The van der Waals surface area contributed by atoms with Crippen LogP contribution in [0.4, 0.5) is 0 Å². The van der Waals surface area contributed by atoms with Crippen LogP contribution in [0.3, 0.4) is 0 Å². The van der Waals surface area contributed by atoms with E-state index < -0.39 is 6.10 Å². The van der Waals surface area contributed by atoms with Gasteiger partial charge in [-0.1, -0.05) is 28.1 Å². The molecule has 1 heterocycles. The van der Waals surface area contributed by atoms with E-state index >= 15 is 0 Å². The predicted octanol–water partition coefficient (Wildman–Crippen LogP) is 2.86. The molecular weight excluding hydrogens is 352 g/mol. The third-order valence-corrected chi connectivity index (χ3v) is 4.24. The molecule has 0 aromatic heterocycles. The van der Waals surface area contributed by atoms with Gasteiger partial charge in [0.2, 0.25) is 0 Å². The van der Waals surface area contributed by atoms with Crippen LogP contribution in [0.2, 0.25) is 0 Å². The van der Waals surface area contributed by atoms with Crippen LogP contribution < -0.4 is 10.5 Å². The van der Waals surface area contributed by atoms with E-state index in [0.29, 0.717) is 11.3 Å². The second-order valence-corrected chi connectivity index (χ2v) is 6.51. The molecule has 1 aliphatic heterocycles. The third kappa shape index (κ3) is 4.17. The molecule has 0 bridgehead atoms. The molecule has 1 aromatic carbocycles. The van der Waals surface area contributed by atoms with Crippen molar-refractivity contribution in [2.45, 2.75) is 32.3 Å². The first-order valence-electron chi connectivity index (χ1n) is 7.04. The molecule has 1 aromatic rings. The monoisotopic (exact) mass is 370 g/mol. The number of hydrogen-bond acceptors (Lipinski definition) is 3. The summed E-state index contributed by atoms with van der Waals surface area (Å²) in [6.45, 7) is 3.40. The maximum atomic E-state index is 12.4. The van der Waals surface area contributed by atoms with Crippen molar-refractivity contribution in [1.82, 2.24) is 4.90 Å². The summed E-state index contributed by atoms with van der Waals surface area (Å²) < 4.78 is 6.67. The van der Waals surface area contributed by atoms with Crippen LogP contribution in [0.25, 0.3) is 0 Å². The molecule has 4 nitrogen and oxygen atoms in total. The largest absolute Gasteiger partial charge is 0.480 e. The number of likely N-dealkylation sites (tertiary alicyclic amines) is 1. The van der Waals surface area contributed by atoms with Gasteiger partial charge in [-0.25, -0.2) is 0 Å². The standard InChI is InChI=1S/C15H19BrN2O2S/c1-10(15(19)18-7-3-2-4-8-18)20-13-6-5-11(16)9-12(13)14(17)21/h5-6,9-10H,2-4,7-8H2,1H3,(H2,17,21). The maximum Gasteiger partial charge on any atom is 0.263 e. The lowest BCUT2D eigenvalue weighted by molar-refractivity contribution is -0.138. The van der Waals surface area contributed by atoms with Gasteiger partial charge in [-0.2, -0.15) is 0 Å². The Morgan fingerprint density at radius 1 is 1.38 bits per heavy atom. The van der Waals surface area contributed by atoms with Gasteiger partial charge >= 0.3 is 0 Å². The van der Waals surface area contributed by atoms with Gasteiger partial charge < -0.3 is 15.4 Å². The summed E-state index contributed by atoms with van der Waals surface area (Å²) in [7, 11) is 0. The highest BCUT2D eigenvalue weighted by atomic mass is 79.9. The number of hydrogen-bond donors (Lipinski definition) is 1. The van der Waals surface area contributed by atoms with Gasteiger partial charge in [0.1, 0.15) is 10.7 Å². The van der Waals surface area contributed by atoms with Gasteiger partial charge in [-0.15, -0.1) is 0 Å². The van der Waals surface area contributed by atoms with Crippen molar-refractivity contribution < 1.29 is 9.53 Å². The molecule has 2 rings (SSSR count). The Balaban J connectivity index is 2.10. The molecule has 0 spiro atoms. The van der Waals surface area contributed by atoms with E-state index in [2.05, 4.69) is 15.9 Å². The summed E-state index contributed by atoms with van der Waals surface area (Å²) in [5, 5.41) is 0. The molecule has 1 atom stereocenters. The molecule has 1 amide bonds. The number of amides is 1. The Morgan fingerprint density at radius 3 is 2.67 bits per heavy atom. The van der Waals surface area contributed by atoms with E-state index in [1.165, 1.54) is 6.42 Å². The zero-order valence-corrected chi connectivity index (χ0v) is 14.4. The summed E-state index contributed by atoms with van der Waals surface area (Å²) >= 11 is 8.41. The van der Waals surface area contributed by atoms with E-state index in [1.54, 1.807) is 19.1 Å². The number of carbonyl (C=O) groups is 1. The molecule has 1 saturated heterocycles. The third-order valence-electron chi connectivity index (χ3n) is 3.53. The molecule has 21 heavy (non-hydrogen) atoms. The fourth-order valence-corrected chi connectivity index (χ4v) is 2.93. The Hall–Kier alpha value is -1.14.